The topological polar surface area (TPSA) is 50.3 Å². The summed E-state index contributed by atoms with van der Waals surface area (Å²) in [5.41, 5.74) is 7.67. The second-order valence-electron chi connectivity index (χ2n) is 6.69. The summed E-state index contributed by atoms with van der Waals surface area (Å²) >= 11 is 0. The molecule has 1 aromatic rings. The summed E-state index contributed by atoms with van der Waals surface area (Å²) in [6.07, 6.45) is 5.08. The molecular formula is C16H31N5. The zero-order chi connectivity index (χ0) is 15.4. The van der Waals surface area contributed by atoms with Crippen molar-refractivity contribution in [3.05, 3.63) is 18.0 Å². The Morgan fingerprint density at radius 3 is 2.38 bits per heavy atom. The van der Waals surface area contributed by atoms with E-state index in [-0.39, 0.29) is 6.04 Å². The molecule has 0 saturated carbocycles. The van der Waals surface area contributed by atoms with E-state index in [9.17, 15) is 0 Å². The monoisotopic (exact) mass is 293 g/mol. The van der Waals surface area contributed by atoms with Crippen LogP contribution in [0.4, 0.5) is 0 Å². The van der Waals surface area contributed by atoms with Crippen LogP contribution < -0.4 is 5.73 Å². The van der Waals surface area contributed by atoms with E-state index in [1.54, 1.807) is 0 Å². The lowest BCUT2D eigenvalue weighted by Crippen LogP contribution is -2.51. The number of aromatic nitrogens is 2. The summed E-state index contributed by atoms with van der Waals surface area (Å²) in [5.74, 6) is 0.739. The molecule has 1 aliphatic heterocycles. The minimum absolute atomic E-state index is 0.172. The van der Waals surface area contributed by atoms with Crippen LogP contribution in [0.2, 0.25) is 0 Å². The van der Waals surface area contributed by atoms with Crippen molar-refractivity contribution in [3.8, 4) is 0 Å². The van der Waals surface area contributed by atoms with Crippen LogP contribution in [0.3, 0.4) is 0 Å². The molecule has 120 valence electrons. The molecule has 1 aliphatic rings. The molecule has 2 N–H and O–H groups in total. The van der Waals surface area contributed by atoms with Crippen LogP contribution in [0.25, 0.3) is 0 Å². The second-order valence-corrected chi connectivity index (χ2v) is 6.69. The van der Waals surface area contributed by atoms with Crippen molar-refractivity contribution in [2.24, 2.45) is 18.7 Å². The van der Waals surface area contributed by atoms with Gasteiger partial charge in [0.15, 0.2) is 0 Å². The molecule has 1 saturated heterocycles. The molecule has 0 radical (unpaired) electrons. The molecule has 0 aromatic carbocycles. The Bertz CT molecular complexity index is 420. The van der Waals surface area contributed by atoms with Crippen LogP contribution in [0, 0.1) is 5.92 Å². The normalized spacial score (nSPS) is 20.9. The van der Waals surface area contributed by atoms with Crippen LogP contribution in [-0.2, 0) is 7.05 Å². The van der Waals surface area contributed by atoms with Crippen LogP contribution in [-0.4, -0.2) is 58.3 Å². The Morgan fingerprint density at radius 2 is 1.90 bits per heavy atom. The highest BCUT2D eigenvalue weighted by Gasteiger charge is 2.29. The van der Waals surface area contributed by atoms with E-state index in [1.165, 1.54) is 12.1 Å². The minimum atomic E-state index is 0.172. The molecule has 21 heavy (non-hydrogen) atoms. The van der Waals surface area contributed by atoms with Crippen LogP contribution in [0.15, 0.2) is 12.4 Å². The van der Waals surface area contributed by atoms with Gasteiger partial charge in [-0.3, -0.25) is 9.58 Å². The third kappa shape index (κ3) is 4.28. The van der Waals surface area contributed by atoms with Gasteiger partial charge in [0, 0.05) is 57.6 Å². The zero-order valence-electron chi connectivity index (χ0n) is 14.0. The molecule has 2 unspecified atom stereocenters. The van der Waals surface area contributed by atoms with Crippen LogP contribution >= 0.6 is 0 Å². The van der Waals surface area contributed by atoms with Gasteiger partial charge < -0.3 is 10.6 Å². The number of nitrogens with two attached hydrogens (primary N) is 1. The summed E-state index contributed by atoms with van der Waals surface area (Å²) in [6.45, 7) is 12.4. The average molecular weight is 293 g/mol. The number of piperazine rings is 1. The summed E-state index contributed by atoms with van der Waals surface area (Å²) in [6, 6.07) is 0.468. The lowest BCUT2D eigenvalue weighted by atomic mass is 9.98. The van der Waals surface area contributed by atoms with Crippen LogP contribution in [0.5, 0.6) is 0 Å². The number of aryl methyl sites for hydroxylation is 1. The third-order valence-corrected chi connectivity index (χ3v) is 4.37. The predicted molar refractivity (Wildman–Crippen MR) is 87.1 cm³/mol. The van der Waals surface area contributed by atoms with Gasteiger partial charge in [0.25, 0.3) is 0 Å². The quantitative estimate of drug-likeness (QED) is 0.863. The first-order chi connectivity index (χ1) is 10.0. The van der Waals surface area contributed by atoms with Gasteiger partial charge in [-0.25, -0.2) is 0 Å². The Hall–Kier alpha value is -0.910. The van der Waals surface area contributed by atoms with E-state index < -0.39 is 0 Å². The zero-order valence-corrected chi connectivity index (χ0v) is 14.0. The SMILES string of the molecule is CCC(N)C(c1cnn(C)c1)N1CCN(CC(C)C)CC1. The van der Waals surface area contributed by atoms with Gasteiger partial charge >= 0.3 is 0 Å². The molecular weight excluding hydrogens is 262 g/mol. The third-order valence-electron chi connectivity index (χ3n) is 4.37. The Morgan fingerprint density at radius 1 is 1.24 bits per heavy atom. The Kier molecular flexibility index (Phi) is 5.79. The molecule has 2 atom stereocenters. The van der Waals surface area contributed by atoms with E-state index in [0.717, 1.165) is 38.5 Å². The molecule has 0 amide bonds. The lowest BCUT2D eigenvalue weighted by Gasteiger charge is -2.41. The Labute approximate surface area is 129 Å². The van der Waals surface area contributed by atoms with E-state index in [2.05, 4.69) is 41.9 Å². The molecule has 1 fully saturated rings. The maximum absolute atomic E-state index is 6.41. The average Bonchev–Trinajstić information content (AvgIpc) is 2.86. The minimum Gasteiger partial charge on any atom is -0.326 e. The number of hydrogen-bond donors (Lipinski definition) is 1. The van der Waals surface area contributed by atoms with E-state index >= 15 is 0 Å². The molecule has 0 aliphatic carbocycles. The number of rotatable bonds is 6. The maximum Gasteiger partial charge on any atom is 0.0538 e. The van der Waals surface area contributed by atoms with Gasteiger partial charge in [0.1, 0.15) is 0 Å². The molecule has 0 bridgehead atoms. The fourth-order valence-corrected chi connectivity index (χ4v) is 3.29. The molecule has 1 aromatic heterocycles. The maximum atomic E-state index is 6.41. The largest absolute Gasteiger partial charge is 0.326 e. The summed E-state index contributed by atoms with van der Waals surface area (Å²) in [7, 11) is 1.97. The van der Waals surface area contributed by atoms with Gasteiger partial charge in [-0.15, -0.1) is 0 Å². The first kappa shape index (κ1) is 16.5. The standard InChI is InChI=1S/C16H31N5/c1-5-15(17)16(14-10-18-19(4)12-14)21-8-6-20(7-9-21)11-13(2)3/h10,12-13,15-16H,5-9,11,17H2,1-4H3. The highest BCUT2D eigenvalue weighted by atomic mass is 15.3. The first-order valence-corrected chi connectivity index (χ1v) is 8.21. The fraction of sp³-hybridized carbons (Fsp3) is 0.812. The van der Waals surface area contributed by atoms with Crippen molar-refractivity contribution < 1.29 is 0 Å². The fourth-order valence-electron chi connectivity index (χ4n) is 3.29. The van der Waals surface area contributed by atoms with Crippen molar-refractivity contribution in [2.45, 2.75) is 39.3 Å². The molecule has 2 rings (SSSR count). The molecule has 0 spiro atoms. The number of hydrogen-bond acceptors (Lipinski definition) is 4. The highest BCUT2D eigenvalue weighted by Crippen LogP contribution is 2.26. The van der Waals surface area contributed by atoms with Crippen molar-refractivity contribution in [3.63, 3.8) is 0 Å². The lowest BCUT2D eigenvalue weighted by molar-refractivity contribution is 0.0775. The van der Waals surface area contributed by atoms with E-state index in [4.69, 9.17) is 5.73 Å². The van der Waals surface area contributed by atoms with Gasteiger partial charge in [0.2, 0.25) is 0 Å². The number of nitrogens with zero attached hydrogens (tertiary/aromatic N) is 4. The summed E-state index contributed by atoms with van der Waals surface area (Å²) in [4.78, 5) is 5.11. The first-order valence-electron chi connectivity index (χ1n) is 8.21. The van der Waals surface area contributed by atoms with Gasteiger partial charge in [-0.1, -0.05) is 20.8 Å². The smallest absolute Gasteiger partial charge is 0.0538 e. The highest BCUT2D eigenvalue weighted by molar-refractivity contribution is 5.14. The van der Waals surface area contributed by atoms with Crippen LogP contribution in [0.1, 0.15) is 38.8 Å². The summed E-state index contributed by atoms with van der Waals surface area (Å²) < 4.78 is 1.87. The van der Waals surface area contributed by atoms with E-state index in [1.807, 2.05) is 17.9 Å². The predicted octanol–water partition coefficient (Wildman–Crippen LogP) is 1.47. The van der Waals surface area contributed by atoms with Crippen molar-refractivity contribution in [1.29, 1.82) is 0 Å². The molecule has 5 heteroatoms. The van der Waals surface area contributed by atoms with Crippen molar-refractivity contribution in [1.82, 2.24) is 19.6 Å². The second kappa shape index (κ2) is 7.38. The van der Waals surface area contributed by atoms with Gasteiger partial charge in [0.05, 0.1) is 12.2 Å². The Balaban J connectivity index is 2.02. The van der Waals surface area contributed by atoms with Gasteiger partial charge in [-0.05, 0) is 12.3 Å². The van der Waals surface area contributed by atoms with Crippen molar-refractivity contribution >= 4 is 0 Å². The van der Waals surface area contributed by atoms with E-state index in [0.29, 0.717) is 6.04 Å². The van der Waals surface area contributed by atoms with Gasteiger partial charge in [-0.2, -0.15) is 5.10 Å². The summed E-state index contributed by atoms with van der Waals surface area (Å²) in [5, 5.41) is 4.33. The van der Waals surface area contributed by atoms with Crippen molar-refractivity contribution in [2.75, 3.05) is 32.7 Å². The molecule has 5 nitrogen and oxygen atoms in total. The molecule has 2 heterocycles.